The number of fused-ring (bicyclic) bond motifs is 2. The van der Waals surface area contributed by atoms with Crippen molar-refractivity contribution in [3.05, 3.63) is 53.6 Å². The van der Waals surface area contributed by atoms with Gasteiger partial charge in [-0.3, -0.25) is 0 Å². The molecule has 1 aliphatic rings. The van der Waals surface area contributed by atoms with E-state index in [1.807, 2.05) is 18.2 Å². The van der Waals surface area contributed by atoms with Crippen LogP contribution in [0.4, 0.5) is 5.69 Å². The van der Waals surface area contributed by atoms with Gasteiger partial charge in [0.15, 0.2) is 5.16 Å². The van der Waals surface area contributed by atoms with Gasteiger partial charge in [-0.15, -0.1) is 6.42 Å². The Bertz CT molecular complexity index is 874. The molecule has 0 saturated heterocycles. The minimum Gasteiger partial charge on any atom is -0.360 e. The Hall–Kier alpha value is -2.38. The average Bonchev–Trinajstić information content (AvgIpc) is 3.03. The van der Waals surface area contributed by atoms with E-state index in [1.54, 1.807) is 11.8 Å². The van der Waals surface area contributed by atoms with E-state index in [4.69, 9.17) is 6.42 Å². The number of hydrogen-bond acceptors (Lipinski definition) is 3. The van der Waals surface area contributed by atoms with Crippen LogP contribution in [-0.2, 0) is 12.2 Å². The second kappa shape index (κ2) is 6.62. The van der Waals surface area contributed by atoms with Crippen LogP contribution in [0, 0.1) is 12.3 Å². The zero-order valence-corrected chi connectivity index (χ0v) is 14.3. The Morgan fingerprint density at radius 3 is 3.00 bits per heavy atom. The lowest BCUT2D eigenvalue weighted by Gasteiger charge is -2.31. The van der Waals surface area contributed by atoms with Crippen molar-refractivity contribution in [3.8, 4) is 12.3 Å². The van der Waals surface area contributed by atoms with Crippen molar-refractivity contribution >= 4 is 28.5 Å². The fourth-order valence-electron chi connectivity index (χ4n) is 3.35. The number of aromatic amines is 1. The molecular weight excluding hydrogens is 314 g/mol. The molecule has 0 saturated carbocycles. The van der Waals surface area contributed by atoms with E-state index in [0.29, 0.717) is 6.54 Å². The second-order valence-electron chi connectivity index (χ2n) is 6.00. The number of H-pyrrole nitrogens is 1. The Kier molecular flexibility index (Phi) is 4.18. The van der Waals surface area contributed by atoms with Gasteiger partial charge in [0.25, 0.3) is 0 Å². The number of para-hydroxylation sites is 3. The summed E-state index contributed by atoms with van der Waals surface area (Å²) < 4.78 is 0. The smallest absolute Gasteiger partial charge is 0.166 e. The summed E-state index contributed by atoms with van der Waals surface area (Å²) in [5.74, 6) is 3.69. The minimum atomic E-state index is 0.680. The first-order valence-corrected chi connectivity index (χ1v) is 9.20. The Morgan fingerprint density at radius 1 is 1.21 bits per heavy atom. The molecule has 3 aromatic rings. The van der Waals surface area contributed by atoms with Crippen LogP contribution in [0.15, 0.2) is 47.6 Å². The second-order valence-corrected chi connectivity index (χ2v) is 6.97. The highest BCUT2D eigenvalue weighted by Gasteiger charge is 2.19. The number of nitrogens with zero attached hydrogens (tertiary/aromatic N) is 2. The van der Waals surface area contributed by atoms with Crippen LogP contribution >= 0.6 is 11.8 Å². The van der Waals surface area contributed by atoms with Crippen LogP contribution in [0.25, 0.3) is 11.0 Å². The summed E-state index contributed by atoms with van der Waals surface area (Å²) in [5, 5.41) is 0.966. The molecule has 4 heteroatoms. The van der Waals surface area contributed by atoms with Gasteiger partial charge in [0, 0.05) is 18.0 Å². The molecule has 1 aromatic heterocycles. The number of nitrogens with one attached hydrogen (secondary N) is 1. The number of anilines is 1. The first-order chi connectivity index (χ1) is 11.8. The maximum absolute atomic E-state index is 5.56. The molecule has 24 heavy (non-hydrogen) atoms. The summed E-state index contributed by atoms with van der Waals surface area (Å²) in [6, 6.07) is 14.7. The third kappa shape index (κ3) is 2.88. The lowest BCUT2D eigenvalue weighted by atomic mass is 9.98. The maximum Gasteiger partial charge on any atom is 0.166 e. The molecule has 0 spiro atoms. The van der Waals surface area contributed by atoms with Crippen molar-refractivity contribution < 1.29 is 0 Å². The van der Waals surface area contributed by atoms with Crippen molar-refractivity contribution in [2.24, 2.45) is 0 Å². The molecule has 0 amide bonds. The SMILES string of the molecule is C#CCN1CCCc2cccc(CSc3nc4ccccc4[nH]3)c21. The number of aromatic nitrogens is 2. The highest BCUT2D eigenvalue weighted by atomic mass is 32.2. The summed E-state index contributed by atoms with van der Waals surface area (Å²) in [6.45, 7) is 1.73. The van der Waals surface area contributed by atoms with Crippen molar-refractivity contribution in [2.45, 2.75) is 23.8 Å². The number of hydrogen-bond donors (Lipinski definition) is 1. The molecule has 120 valence electrons. The van der Waals surface area contributed by atoms with Gasteiger partial charge in [0.1, 0.15) is 0 Å². The number of benzene rings is 2. The molecule has 0 bridgehead atoms. The van der Waals surface area contributed by atoms with E-state index in [-0.39, 0.29) is 0 Å². The van der Waals surface area contributed by atoms with E-state index in [9.17, 15) is 0 Å². The van der Waals surface area contributed by atoms with Gasteiger partial charge in [-0.1, -0.05) is 48.0 Å². The zero-order valence-electron chi connectivity index (χ0n) is 13.5. The summed E-state index contributed by atoms with van der Waals surface area (Å²) >= 11 is 1.75. The Labute approximate surface area is 146 Å². The van der Waals surface area contributed by atoms with E-state index in [0.717, 1.165) is 34.9 Å². The van der Waals surface area contributed by atoms with Gasteiger partial charge >= 0.3 is 0 Å². The number of aryl methyl sites for hydroxylation is 1. The quantitative estimate of drug-likeness (QED) is 0.572. The number of rotatable bonds is 4. The summed E-state index contributed by atoms with van der Waals surface area (Å²) in [4.78, 5) is 10.4. The Morgan fingerprint density at radius 2 is 2.12 bits per heavy atom. The molecule has 0 radical (unpaired) electrons. The number of terminal acetylenes is 1. The van der Waals surface area contributed by atoms with Crippen molar-refractivity contribution in [1.82, 2.24) is 9.97 Å². The molecule has 0 atom stereocenters. The van der Waals surface area contributed by atoms with Crippen LogP contribution in [0.3, 0.4) is 0 Å². The first kappa shape index (κ1) is 15.2. The molecule has 0 aliphatic carbocycles. The van der Waals surface area contributed by atoms with Gasteiger partial charge in [-0.25, -0.2) is 4.98 Å². The molecule has 2 aromatic carbocycles. The predicted octanol–water partition coefficient (Wildman–Crippen LogP) is 4.24. The predicted molar refractivity (Wildman–Crippen MR) is 101 cm³/mol. The number of imidazole rings is 1. The molecule has 1 aliphatic heterocycles. The highest BCUT2D eigenvalue weighted by Crippen LogP contribution is 2.34. The number of thioether (sulfide) groups is 1. The molecule has 1 N–H and O–H groups in total. The summed E-state index contributed by atoms with van der Waals surface area (Å²) in [6.07, 6.45) is 7.88. The first-order valence-electron chi connectivity index (χ1n) is 8.22. The molecule has 2 heterocycles. The van der Waals surface area contributed by atoms with E-state index in [1.165, 1.54) is 23.2 Å². The fraction of sp³-hybridized carbons (Fsp3) is 0.250. The Balaban J connectivity index is 1.59. The third-order valence-electron chi connectivity index (χ3n) is 4.41. The largest absolute Gasteiger partial charge is 0.360 e. The van der Waals surface area contributed by atoms with Gasteiger partial charge in [-0.05, 0) is 36.1 Å². The van der Waals surface area contributed by atoms with Gasteiger partial charge in [-0.2, -0.15) is 0 Å². The van der Waals surface area contributed by atoms with Crippen molar-refractivity contribution in [2.75, 3.05) is 18.0 Å². The van der Waals surface area contributed by atoms with E-state index in [2.05, 4.69) is 45.1 Å². The minimum absolute atomic E-state index is 0.680. The van der Waals surface area contributed by atoms with Crippen LogP contribution in [0.5, 0.6) is 0 Å². The van der Waals surface area contributed by atoms with Crippen molar-refractivity contribution in [1.29, 1.82) is 0 Å². The molecule has 4 rings (SSSR count). The summed E-state index contributed by atoms with van der Waals surface area (Å²) in [5.41, 5.74) is 6.20. The molecule has 0 fully saturated rings. The van der Waals surface area contributed by atoms with Crippen molar-refractivity contribution in [3.63, 3.8) is 0 Å². The van der Waals surface area contributed by atoms with Gasteiger partial charge in [0.2, 0.25) is 0 Å². The highest BCUT2D eigenvalue weighted by molar-refractivity contribution is 7.98. The molecule has 3 nitrogen and oxygen atoms in total. The van der Waals surface area contributed by atoms with Crippen LogP contribution in [-0.4, -0.2) is 23.1 Å². The van der Waals surface area contributed by atoms with Crippen LogP contribution in [0.2, 0.25) is 0 Å². The fourth-order valence-corrected chi connectivity index (χ4v) is 4.22. The van der Waals surface area contributed by atoms with E-state index < -0.39 is 0 Å². The topological polar surface area (TPSA) is 31.9 Å². The van der Waals surface area contributed by atoms with Crippen LogP contribution < -0.4 is 4.90 Å². The van der Waals surface area contributed by atoms with Gasteiger partial charge < -0.3 is 9.88 Å². The zero-order chi connectivity index (χ0) is 16.4. The monoisotopic (exact) mass is 333 g/mol. The van der Waals surface area contributed by atoms with E-state index >= 15 is 0 Å². The standard InChI is InChI=1S/C20H19N3S/c1-2-12-23-13-6-9-15-7-5-8-16(19(15)23)14-24-20-21-17-10-3-4-11-18(17)22-20/h1,3-5,7-8,10-11H,6,9,12-14H2,(H,21,22). The van der Waals surface area contributed by atoms with Crippen LogP contribution in [0.1, 0.15) is 17.5 Å². The normalized spacial score (nSPS) is 13.7. The lowest BCUT2D eigenvalue weighted by Crippen LogP contribution is -2.30. The molecular formula is C20H19N3S. The third-order valence-corrected chi connectivity index (χ3v) is 5.33. The average molecular weight is 333 g/mol. The summed E-state index contributed by atoms with van der Waals surface area (Å²) in [7, 11) is 0. The maximum atomic E-state index is 5.56. The van der Waals surface area contributed by atoms with Gasteiger partial charge in [0.05, 0.1) is 17.6 Å². The molecule has 0 unspecified atom stereocenters. The lowest BCUT2D eigenvalue weighted by molar-refractivity contribution is 0.723.